The van der Waals surface area contributed by atoms with Crippen LogP contribution in [0.1, 0.15) is 50.7 Å². The Morgan fingerprint density at radius 2 is 1.59 bits per heavy atom. The molecule has 2 aromatic carbocycles. The highest BCUT2D eigenvalue weighted by molar-refractivity contribution is 5.63. The molecular formula is C22H28O5. The number of methoxy groups -OCH3 is 2. The summed E-state index contributed by atoms with van der Waals surface area (Å²) in [4.78, 5) is 0. The molecule has 1 aliphatic heterocycles. The molecule has 1 heterocycles. The Balaban J connectivity index is 2.22. The van der Waals surface area contributed by atoms with Gasteiger partial charge in [-0.3, -0.25) is 0 Å². The lowest BCUT2D eigenvalue weighted by Gasteiger charge is -2.37. The van der Waals surface area contributed by atoms with Crippen LogP contribution in [0, 0.1) is 0 Å². The molecule has 0 aromatic heterocycles. The van der Waals surface area contributed by atoms with E-state index in [9.17, 15) is 0 Å². The third-order valence-electron chi connectivity index (χ3n) is 5.00. The van der Waals surface area contributed by atoms with Gasteiger partial charge in [0.25, 0.3) is 0 Å². The van der Waals surface area contributed by atoms with Crippen molar-refractivity contribution in [2.24, 2.45) is 0 Å². The smallest absolute Gasteiger partial charge is 0.190 e. The number of hydrogen-bond acceptors (Lipinski definition) is 5. The van der Waals surface area contributed by atoms with Gasteiger partial charge in [-0.25, -0.2) is 0 Å². The van der Waals surface area contributed by atoms with E-state index in [1.807, 2.05) is 32.0 Å². The molecule has 0 N–H and O–H groups in total. The summed E-state index contributed by atoms with van der Waals surface area (Å²) in [6, 6.07) is 9.95. The lowest BCUT2D eigenvalue weighted by atomic mass is 9.75. The summed E-state index contributed by atoms with van der Waals surface area (Å²) in [5, 5.41) is 0. The first-order chi connectivity index (χ1) is 13.0. The van der Waals surface area contributed by atoms with Gasteiger partial charge in [-0.1, -0.05) is 26.0 Å². The number of rotatable bonds is 7. The topological polar surface area (TPSA) is 46.2 Å². The Hall–Kier alpha value is -2.24. The molecule has 0 saturated heterocycles. The number of fused-ring (bicyclic) bond motifs is 2. The Labute approximate surface area is 161 Å². The minimum atomic E-state index is -0.562. The van der Waals surface area contributed by atoms with E-state index in [-0.39, 0.29) is 5.41 Å². The van der Waals surface area contributed by atoms with Crippen molar-refractivity contribution in [3.63, 3.8) is 0 Å². The third-order valence-corrected chi connectivity index (χ3v) is 5.00. The highest BCUT2D eigenvalue weighted by Crippen LogP contribution is 2.53. The maximum absolute atomic E-state index is 6.38. The quantitative estimate of drug-likeness (QED) is 0.625. The Bertz CT molecular complexity index is 807. The van der Waals surface area contributed by atoms with Crippen LogP contribution in [0.15, 0.2) is 30.3 Å². The molecule has 0 spiro atoms. The minimum Gasteiger partial charge on any atom is -0.497 e. The van der Waals surface area contributed by atoms with E-state index in [1.165, 1.54) is 0 Å². The molecule has 0 radical (unpaired) electrons. The van der Waals surface area contributed by atoms with E-state index >= 15 is 0 Å². The molecule has 3 rings (SSSR count). The molecule has 0 fully saturated rings. The first kappa shape index (κ1) is 19.5. The van der Waals surface area contributed by atoms with Gasteiger partial charge >= 0.3 is 0 Å². The molecule has 2 aromatic rings. The predicted octanol–water partition coefficient (Wildman–Crippen LogP) is 5.21. The molecule has 5 heteroatoms. The zero-order valence-corrected chi connectivity index (χ0v) is 16.9. The zero-order valence-electron chi connectivity index (χ0n) is 16.9. The van der Waals surface area contributed by atoms with E-state index in [4.69, 9.17) is 23.7 Å². The lowest BCUT2D eigenvalue weighted by molar-refractivity contribution is -0.141. The van der Waals surface area contributed by atoms with Crippen molar-refractivity contribution in [3.8, 4) is 23.0 Å². The number of ether oxygens (including phenoxy) is 5. The third kappa shape index (κ3) is 3.37. The van der Waals surface area contributed by atoms with Crippen LogP contribution in [0.2, 0.25) is 0 Å². The average Bonchev–Trinajstić information content (AvgIpc) is 2.66. The molecule has 0 amide bonds. The summed E-state index contributed by atoms with van der Waals surface area (Å²) in [6.07, 6.45) is -0.562. The molecule has 0 saturated carbocycles. The fourth-order valence-corrected chi connectivity index (χ4v) is 3.59. The van der Waals surface area contributed by atoms with Crippen LogP contribution in [0.25, 0.3) is 0 Å². The van der Waals surface area contributed by atoms with Gasteiger partial charge in [0.1, 0.15) is 23.0 Å². The zero-order chi connectivity index (χ0) is 19.6. The van der Waals surface area contributed by atoms with Gasteiger partial charge < -0.3 is 23.7 Å². The van der Waals surface area contributed by atoms with Gasteiger partial charge in [0, 0.05) is 35.8 Å². The maximum atomic E-state index is 6.38. The van der Waals surface area contributed by atoms with Crippen LogP contribution in [0.4, 0.5) is 0 Å². The fourth-order valence-electron chi connectivity index (χ4n) is 3.59. The van der Waals surface area contributed by atoms with Crippen molar-refractivity contribution in [2.45, 2.75) is 39.4 Å². The molecular weight excluding hydrogens is 344 g/mol. The molecule has 0 atom stereocenters. The molecule has 27 heavy (non-hydrogen) atoms. The van der Waals surface area contributed by atoms with Crippen LogP contribution >= 0.6 is 0 Å². The van der Waals surface area contributed by atoms with Crippen LogP contribution in [-0.2, 0) is 14.9 Å². The SMILES string of the molecule is CCOC(OCC)c1c(OC)ccc2c1Oc1cc(OC)ccc1C2(C)C. The van der Waals surface area contributed by atoms with Crippen molar-refractivity contribution in [1.82, 2.24) is 0 Å². The molecule has 0 aliphatic carbocycles. The minimum absolute atomic E-state index is 0.251. The van der Waals surface area contributed by atoms with Crippen LogP contribution < -0.4 is 14.2 Å². The summed E-state index contributed by atoms with van der Waals surface area (Å²) >= 11 is 0. The van der Waals surface area contributed by atoms with Crippen LogP contribution in [-0.4, -0.2) is 27.4 Å². The van der Waals surface area contributed by atoms with Crippen molar-refractivity contribution in [1.29, 1.82) is 0 Å². The van der Waals surface area contributed by atoms with Crippen LogP contribution in [0.3, 0.4) is 0 Å². The van der Waals surface area contributed by atoms with Gasteiger partial charge in [0.15, 0.2) is 6.29 Å². The highest BCUT2D eigenvalue weighted by atomic mass is 16.7. The van der Waals surface area contributed by atoms with E-state index in [2.05, 4.69) is 26.0 Å². The van der Waals surface area contributed by atoms with Gasteiger partial charge in [0.2, 0.25) is 0 Å². The number of benzene rings is 2. The molecule has 146 valence electrons. The van der Waals surface area contributed by atoms with Gasteiger partial charge in [-0.05, 0) is 26.0 Å². The molecule has 1 aliphatic rings. The van der Waals surface area contributed by atoms with Gasteiger partial charge in [-0.15, -0.1) is 0 Å². The first-order valence-corrected chi connectivity index (χ1v) is 9.28. The normalized spacial score (nSPS) is 14.3. The van der Waals surface area contributed by atoms with Crippen molar-refractivity contribution >= 4 is 0 Å². The van der Waals surface area contributed by atoms with Crippen molar-refractivity contribution in [2.75, 3.05) is 27.4 Å². The summed E-state index contributed by atoms with van der Waals surface area (Å²) in [7, 11) is 3.30. The second-order valence-electron chi connectivity index (χ2n) is 6.89. The van der Waals surface area contributed by atoms with Crippen LogP contribution in [0.5, 0.6) is 23.0 Å². The molecule has 5 nitrogen and oxygen atoms in total. The van der Waals surface area contributed by atoms with E-state index in [0.717, 1.165) is 33.9 Å². The van der Waals surface area contributed by atoms with Crippen molar-refractivity contribution in [3.05, 3.63) is 47.0 Å². The lowest BCUT2D eigenvalue weighted by Crippen LogP contribution is -2.26. The standard InChI is InChI=1S/C22H28O5/c1-7-25-21(26-8-2)19-17(24-6)12-11-16-20(19)27-18-13-14(23-5)9-10-15(18)22(16,3)4/h9-13,21H,7-8H2,1-6H3. The monoisotopic (exact) mass is 372 g/mol. The van der Waals surface area contributed by atoms with Crippen molar-refractivity contribution < 1.29 is 23.7 Å². The summed E-state index contributed by atoms with van der Waals surface area (Å²) in [5.41, 5.74) is 2.70. The van der Waals surface area contributed by atoms with E-state index in [1.54, 1.807) is 14.2 Å². The average molecular weight is 372 g/mol. The highest BCUT2D eigenvalue weighted by Gasteiger charge is 2.38. The summed E-state index contributed by atoms with van der Waals surface area (Å²) in [5.74, 6) is 2.94. The largest absolute Gasteiger partial charge is 0.497 e. The van der Waals surface area contributed by atoms with Gasteiger partial charge in [0.05, 0.1) is 19.8 Å². The fraction of sp³-hybridized carbons (Fsp3) is 0.455. The molecule has 0 bridgehead atoms. The molecule has 0 unspecified atom stereocenters. The van der Waals surface area contributed by atoms with E-state index < -0.39 is 6.29 Å². The second kappa shape index (κ2) is 7.79. The maximum Gasteiger partial charge on any atom is 0.190 e. The Morgan fingerprint density at radius 1 is 0.926 bits per heavy atom. The summed E-state index contributed by atoms with van der Waals surface area (Å²) < 4.78 is 29.1. The Kier molecular flexibility index (Phi) is 5.63. The second-order valence-corrected chi connectivity index (χ2v) is 6.89. The van der Waals surface area contributed by atoms with E-state index in [0.29, 0.717) is 19.0 Å². The van der Waals surface area contributed by atoms with Gasteiger partial charge in [-0.2, -0.15) is 0 Å². The predicted molar refractivity (Wildman–Crippen MR) is 104 cm³/mol. The Morgan fingerprint density at radius 3 is 2.19 bits per heavy atom. The first-order valence-electron chi connectivity index (χ1n) is 9.28. The number of hydrogen-bond donors (Lipinski definition) is 0. The summed E-state index contributed by atoms with van der Waals surface area (Å²) in [6.45, 7) is 9.30.